The van der Waals surface area contributed by atoms with Gasteiger partial charge in [-0.05, 0) is 18.2 Å². The lowest BCUT2D eigenvalue weighted by atomic mass is 10.3. The van der Waals surface area contributed by atoms with E-state index in [1.54, 1.807) is 6.07 Å². The molecule has 2 aromatic rings. The molecule has 0 saturated carbocycles. The zero-order valence-corrected chi connectivity index (χ0v) is 9.87. The molecule has 18 heavy (non-hydrogen) atoms. The SMILES string of the molecule is NCCC(=O)NCCc1nc2ccc(F)cc2[nH]1. The number of imidazole rings is 1. The quantitative estimate of drug-likeness (QED) is 0.730. The predicted molar refractivity (Wildman–Crippen MR) is 66.4 cm³/mol. The fourth-order valence-corrected chi connectivity index (χ4v) is 1.69. The second kappa shape index (κ2) is 5.59. The van der Waals surface area contributed by atoms with Crippen molar-refractivity contribution in [2.24, 2.45) is 5.73 Å². The summed E-state index contributed by atoms with van der Waals surface area (Å²) >= 11 is 0. The molecular weight excluding hydrogens is 235 g/mol. The molecule has 1 aromatic heterocycles. The molecule has 0 spiro atoms. The van der Waals surface area contributed by atoms with Crippen LogP contribution in [-0.2, 0) is 11.2 Å². The number of carbonyl (C=O) groups excluding carboxylic acids is 1. The number of fused-ring (bicyclic) bond motifs is 1. The fourth-order valence-electron chi connectivity index (χ4n) is 1.69. The first kappa shape index (κ1) is 12.5. The largest absolute Gasteiger partial charge is 0.356 e. The molecule has 0 aliphatic carbocycles. The maximum absolute atomic E-state index is 13.0. The molecule has 96 valence electrons. The Morgan fingerprint density at radius 2 is 2.33 bits per heavy atom. The van der Waals surface area contributed by atoms with Crippen LogP contribution in [0.15, 0.2) is 18.2 Å². The van der Waals surface area contributed by atoms with Crippen LogP contribution >= 0.6 is 0 Å². The molecule has 0 atom stereocenters. The normalized spacial score (nSPS) is 10.8. The third kappa shape index (κ3) is 3.04. The summed E-state index contributed by atoms with van der Waals surface area (Å²) in [5.41, 5.74) is 6.65. The molecule has 0 aliphatic rings. The number of hydrogen-bond donors (Lipinski definition) is 3. The van der Waals surface area contributed by atoms with Gasteiger partial charge in [-0.25, -0.2) is 9.37 Å². The summed E-state index contributed by atoms with van der Waals surface area (Å²) in [5, 5.41) is 2.73. The molecule has 4 N–H and O–H groups in total. The molecule has 0 radical (unpaired) electrons. The third-order valence-corrected chi connectivity index (χ3v) is 2.55. The second-order valence-electron chi connectivity index (χ2n) is 3.98. The monoisotopic (exact) mass is 250 g/mol. The maximum atomic E-state index is 13.0. The van der Waals surface area contributed by atoms with Gasteiger partial charge in [-0.2, -0.15) is 0 Å². The molecule has 6 heteroatoms. The van der Waals surface area contributed by atoms with Crippen molar-refractivity contribution in [2.75, 3.05) is 13.1 Å². The van der Waals surface area contributed by atoms with Crippen LogP contribution in [-0.4, -0.2) is 29.0 Å². The number of nitrogens with zero attached hydrogens (tertiary/aromatic N) is 1. The van der Waals surface area contributed by atoms with Crippen LogP contribution in [0.1, 0.15) is 12.2 Å². The minimum Gasteiger partial charge on any atom is -0.356 e. The van der Waals surface area contributed by atoms with Gasteiger partial charge in [-0.15, -0.1) is 0 Å². The number of aromatic amines is 1. The Labute approximate surface area is 104 Å². The van der Waals surface area contributed by atoms with Gasteiger partial charge in [0.1, 0.15) is 11.6 Å². The average Bonchev–Trinajstić information content (AvgIpc) is 2.71. The highest BCUT2D eigenvalue weighted by molar-refractivity contribution is 5.76. The number of aromatic nitrogens is 2. The minimum atomic E-state index is -0.297. The zero-order chi connectivity index (χ0) is 13.0. The first-order valence-corrected chi connectivity index (χ1v) is 5.80. The lowest BCUT2D eigenvalue weighted by Crippen LogP contribution is -2.27. The average molecular weight is 250 g/mol. The van der Waals surface area contributed by atoms with E-state index >= 15 is 0 Å². The first-order valence-electron chi connectivity index (χ1n) is 5.80. The number of H-pyrrole nitrogens is 1. The molecule has 0 unspecified atom stereocenters. The summed E-state index contributed by atoms with van der Waals surface area (Å²) < 4.78 is 13.0. The smallest absolute Gasteiger partial charge is 0.221 e. The van der Waals surface area contributed by atoms with Gasteiger partial charge in [-0.3, -0.25) is 4.79 Å². The van der Waals surface area contributed by atoms with E-state index in [0.717, 1.165) is 11.3 Å². The molecule has 1 amide bonds. The van der Waals surface area contributed by atoms with Crippen molar-refractivity contribution in [3.8, 4) is 0 Å². The third-order valence-electron chi connectivity index (χ3n) is 2.55. The van der Waals surface area contributed by atoms with Crippen molar-refractivity contribution in [2.45, 2.75) is 12.8 Å². The van der Waals surface area contributed by atoms with E-state index in [0.29, 0.717) is 31.4 Å². The standard InChI is InChI=1S/C12H15FN4O/c13-8-1-2-9-10(7-8)17-11(16-9)4-6-15-12(18)3-5-14/h1-2,7H,3-6,14H2,(H,15,18)(H,16,17). The van der Waals surface area contributed by atoms with Crippen LogP contribution in [0.2, 0.25) is 0 Å². The molecule has 2 rings (SSSR count). The number of rotatable bonds is 5. The first-order chi connectivity index (χ1) is 8.69. The Kier molecular flexibility index (Phi) is 3.88. The molecule has 1 aromatic carbocycles. The molecular formula is C12H15FN4O. The van der Waals surface area contributed by atoms with Gasteiger partial charge in [0.15, 0.2) is 0 Å². The van der Waals surface area contributed by atoms with Crippen LogP contribution < -0.4 is 11.1 Å². The Balaban J connectivity index is 1.94. The van der Waals surface area contributed by atoms with E-state index in [2.05, 4.69) is 15.3 Å². The summed E-state index contributed by atoms with van der Waals surface area (Å²) in [4.78, 5) is 18.5. The Morgan fingerprint density at radius 1 is 1.50 bits per heavy atom. The molecule has 1 heterocycles. The number of amides is 1. The lowest BCUT2D eigenvalue weighted by Gasteiger charge is -2.01. The molecule has 0 fully saturated rings. The summed E-state index contributed by atoms with van der Waals surface area (Å²) in [5.74, 6) is 0.359. The number of benzene rings is 1. The Bertz CT molecular complexity index is 552. The van der Waals surface area contributed by atoms with E-state index in [9.17, 15) is 9.18 Å². The highest BCUT2D eigenvalue weighted by Gasteiger charge is 2.04. The molecule has 0 saturated heterocycles. The van der Waals surface area contributed by atoms with Crippen LogP contribution in [0.4, 0.5) is 4.39 Å². The summed E-state index contributed by atoms with van der Waals surface area (Å²) in [7, 11) is 0. The summed E-state index contributed by atoms with van der Waals surface area (Å²) in [6.45, 7) is 0.830. The van der Waals surface area contributed by atoms with Gasteiger partial charge in [0.05, 0.1) is 11.0 Å². The van der Waals surface area contributed by atoms with Crippen molar-refractivity contribution in [1.82, 2.24) is 15.3 Å². The highest BCUT2D eigenvalue weighted by Crippen LogP contribution is 2.12. The number of halogens is 1. The zero-order valence-electron chi connectivity index (χ0n) is 9.87. The number of carbonyl (C=O) groups is 1. The summed E-state index contributed by atoms with van der Waals surface area (Å²) in [6.07, 6.45) is 0.901. The predicted octanol–water partition coefficient (Wildman–Crippen LogP) is 0.710. The number of nitrogens with two attached hydrogens (primary N) is 1. The van der Waals surface area contributed by atoms with E-state index in [1.165, 1.54) is 12.1 Å². The van der Waals surface area contributed by atoms with Gasteiger partial charge < -0.3 is 16.0 Å². The number of nitrogens with one attached hydrogen (secondary N) is 2. The van der Waals surface area contributed by atoms with Gasteiger partial charge in [0.2, 0.25) is 5.91 Å². The van der Waals surface area contributed by atoms with E-state index in [4.69, 9.17) is 5.73 Å². The Hall–Kier alpha value is -1.95. The van der Waals surface area contributed by atoms with Crippen molar-refractivity contribution in [1.29, 1.82) is 0 Å². The summed E-state index contributed by atoms with van der Waals surface area (Å²) in [6, 6.07) is 4.40. The topological polar surface area (TPSA) is 83.8 Å². The van der Waals surface area contributed by atoms with Gasteiger partial charge in [0, 0.05) is 25.9 Å². The van der Waals surface area contributed by atoms with E-state index < -0.39 is 0 Å². The van der Waals surface area contributed by atoms with Crippen molar-refractivity contribution < 1.29 is 9.18 Å². The van der Waals surface area contributed by atoms with Crippen molar-refractivity contribution >= 4 is 16.9 Å². The highest BCUT2D eigenvalue weighted by atomic mass is 19.1. The van der Waals surface area contributed by atoms with Crippen molar-refractivity contribution in [3.63, 3.8) is 0 Å². The molecule has 0 bridgehead atoms. The van der Waals surface area contributed by atoms with Crippen LogP contribution in [0, 0.1) is 5.82 Å². The van der Waals surface area contributed by atoms with E-state index in [1.807, 2.05) is 0 Å². The van der Waals surface area contributed by atoms with Gasteiger partial charge in [0.25, 0.3) is 0 Å². The number of hydrogen-bond acceptors (Lipinski definition) is 3. The van der Waals surface area contributed by atoms with Crippen LogP contribution in [0.25, 0.3) is 11.0 Å². The van der Waals surface area contributed by atoms with E-state index in [-0.39, 0.29) is 11.7 Å². The van der Waals surface area contributed by atoms with Gasteiger partial charge >= 0.3 is 0 Å². The van der Waals surface area contributed by atoms with Crippen LogP contribution in [0.5, 0.6) is 0 Å². The second-order valence-corrected chi connectivity index (χ2v) is 3.98. The van der Waals surface area contributed by atoms with Crippen LogP contribution in [0.3, 0.4) is 0 Å². The maximum Gasteiger partial charge on any atom is 0.221 e. The molecule has 5 nitrogen and oxygen atoms in total. The Morgan fingerprint density at radius 3 is 3.11 bits per heavy atom. The lowest BCUT2D eigenvalue weighted by molar-refractivity contribution is -0.120. The minimum absolute atomic E-state index is 0.0698. The fraction of sp³-hybridized carbons (Fsp3) is 0.333. The molecule has 0 aliphatic heterocycles. The van der Waals surface area contributed by atoms with Gasteiger partial charge in [-0.1, -0.05) is 0 Å². The van der Waals surface area contributed by atoms with Crippen molar-refractivity contribution in [3.05, 3.63) is 29.8 Å².